The lowest BCUT2D eigenvalue weighted by Gasteiger charge is -1.94. The quantitative estimate of drug-likeness (QED) is 0.308. The molecule has 0 aromatic carbocycles. The fourth-order valence-electron chi connectivity index (χ4n) is 0.496. The Labute approximate surface area is 72.7 Å². The third-order valence-electron chi connectivity index (χ3n) is 0.973. The fraction of sp³-hybridized carbons (Fsp3) is 0.200. The monoisotopic (exact) mass is 188 g/mol. The van der Waals surface area contributed by atoms with Gasteiger partial charge in [0.2, 0.25) is 0 Å². The Morgan fingerprint density at radius 2 is 2.64 bits per heavy atom. The second-order valence-electron chi connectivity index (χ2n) is 1.72. The Morgan fingerprint density at radius 3 is 3.18 bits per heavy atom. The van der Waals surface area contributed by atoms with Crippen LogP contribution >= 0.6 is 23.1 Å². The molecule has 0 aliphatic rings. The number of thiazole rings is 1. The summed E-state index contributed by atoms with van der Waals surface area (Å²) in [6, 6.07) is 0. The summed E-state index contributed by atoms with van der Waals surface area (Å²) in [4.78, 5) is 5.09. The number of hydrogen-bond donors (Lipinski definition) is 2. The molecule has 0 saturated heterocycles. The molecule has 0 radical (unpaired) electrons. The Morgan fingerprint density at radius 1 is 1.82 bits per heavy atom. The summed E-state index contributed by atoms with van der Waals surface area (Å²) in [6.45, 7) is 0. The molecule has 1 rings (SSSR count). The van der Waals surface area contributed by atoms with Gasteiger partial charge in [0.1, 0.15) is 0 Å². The summed E-state index contributed by atoms with van der Waals surface area (Å²) in [5, 5.41) is 3.73. The molecule has 0 unspecified atom stereocenters. The molecule has 6 heteroatoms. The van der Waals surface area contributed by atoms with Gasteiger partial charge in [0.25, 0.3) is 0 Å². The van der Waals surface area contributed by atoms with Gasteiger partial charge >= 0.3 is 0 Å². The van der Waals surface area contributed by atoms with Crippen LogP contribution in [0.1, 0.15) is 4.88 Å². The summed E-state index contributed by atoms with van der Waals surface area (Å²) in [5.41, 5.74) is 7.15. The predicted molar refractivity (Wildman–Crippen MR) is 49.2 cm³/mol. The summed E-state index contributed by atoms with van der Waals surface area (Å²) >= 11 is 3.00. The number of nitrogens with zero attached hydrogens (tertiary/aromatic N) is 2. The maximum absolute atomic E-state index is 5.36. The lowest BCUT2D eigenvalue weighted by molar-refractivity contribution is 1.25. The normalized spacial score (nSPS) is 11.8. The van der Waals surface area contributed by atoms with E-state index in [0.717, 1.165) is 5.75 Å². The molecule has 0 bridgehead atoms. The zero-order chi connectivity index (χ0) is 8.10. The lowest BCUT2D eigenvalue weighted by Crippen LogP contribution is -2.08. The van der Waals surface area contributed by atoms with Crippen molar-refractivity contribution in [3.8, 4) is 0 Å². The van der Waals surface area contributed by atoms with Crippen LogP contribution < -0.4 is 11.6 Å². The average Bonchev–Trinajstić information content (AvgIpc) is 2.52. The SMILES string of the molecule is NN=C(N)SCc1cncs1. The van der Waals surface area contributed by atoms with Crippen LogP contribution in [0, 0.1) is 0 Å². The van der Waals surface area contributed by atoms with Crippen LogP contribution in [0.4, 0.5) is 0 Å². The minimum absolute atomic E-state index is 0.401. The van der Waals surface area contributed by atoms with Crippen molar-refractivity contribution in [1.82, 2.24) is 4.98 Å². The van der Waals surface area contributed by atoms with Gasteiger partial charge in [-0.05, 0) is 0 Å². The van der Waals surface area contributed by atoms with Crippen LogP contribution in [0.15, 0.2) is 16.8 Å². The third-order valence-corrected chi connectivity index (χ3v) is 2.79. The lowest BCUT2D eigenvalue weighted by atomic mass is 10.6. The van der Waals surface area contributed by atoms with Gasteiger partial charge in [0, 0.05) is 16.8 Å². The van der Waals surface area contributed by atoms with Gasteiger partial charge in [-0.25, -0.2) is 0 Å². The maximum atomic E-state index is 5.36. The molecule has 1 aromatic heterocycles. The van der Waals surface area contributed by atoms with E-state index in [2.05, 4.69) is 10.1 Å². The van der Waals surface area contributed by atoms with E-state index in [1.54, 1.807) is 16.8 Å². The van der Waals surface area contributed by atoms with Crippen molar-refractivity contribution in [2.75, 3.05) is 0 Å². The molecule has 0 atom stereocenters. The number of hydrogen-bond acceptors (Lipinski definition) is 5. The molecule has 0 fully saturated rings. The van der Waals surface area contributed by atoms with Crippen molar-refractivity contribution in [2.24, 2.45) is 16.7 Å². The molecule has 60 valence electrons. The first kappa shape index (κ1) is 8.35. The highest BCUT2D eigenvalue weighted by atomic mass is 32.2. The number of hydrazone groups is 1. The van der Waals surface area contributed by atoms with Gasteiger partial charge in [-0.1, -0.05) is 11.8 Å². The summed E-state index contributed by atoms with van der Waals surface area (Å²) in [5.74, 6) is 5.73. The van der Waals surface area contributed by atoms with Gasteiger partial charge in [-0.15, -0.1) is 11.3 Å². The zero-order valence-corrected chi connectivity index (χ0v) is 7.36. The van der Waals surface area contributed by atoms with Gasteiger partial charge in [-0.3, -0.25) is 4.98 Å². The third kappa shape index (κ3) is 2.77. The standard InChI is InChI=1S/C5H8N4S2/c6-5(9-7)10-2-4-1-8-3-11-4/h1,3H,2,7H2,(H2,6,9). The van der Waals surface area contributed by atoms with Crippen LogP contribution in [-0.2, 0) is 5.75 Å². The second-order valence-corrected chi connectivity index (χ2v) is 3.69. The first-order chi connectivity index (χ1) is 5.33. The molecule has 4 N–H and O–H groups in total. The number of nitrogens with two attached hydrogens (primary N) is 2. The van der Waals surface area contributed by atoms with E-state index in [1.807, 2.05) is 6.20 Å². The minimum Gasteiger partial charge on any atom is -0.377 e. The summed E-state index contributed by atoms with van der Waals surface area (Å²) < 4.78 is 0. The average molecular weight is 188 g/mol. The largest absolute Gasteiger partial charge is 0.377 e. The molecule has 0 aliphatic heterocycles. The molecular formula is C5H8N4S2. The Kier molecular flexibility index (Phi) is 3.18. The van der Waals surface area contributed by atoms with Crippen molar-refractivity contribution in [3.63, 3.8) is 0 Å². The molecule has 0 saturated carbocycles. The molecular weight excluding hydrogens is 180 g/mol. The van der Waals surface area contributed by atoms with E-state index < -0.39 is 0 Å². The first-order valence-corrected chi connectivity index (χ1v) is 4.73. The number of thioether (sulfide) groups is 1. The molecule has 0 aliphatic carbocycles. The van der Waals surface area contributed by atoms with Crippen LogP contribution in [-0.4, -0.2) is 10.2 Å². The fourth-order valence-corrected chi connectivity index (χ4v) is 1.76. The minimum atomic E-state index is 0.401. The van der Waals surface area contributed by atoms with Crippen molar-refractivity contribution in [3.05, 3.63) is 16.6 Å². The second kappa shape index (κ2) is 4.20. The Hall–Kier alpha value is -0.750. The summed E-state index contributed by atoms with van der Waals surface area (Å²) in [7, 11) is 0. The number of amidine groups is 1. The molecule has 1 heterocycles. The van der Waals surface area contributed by atoms with Gasteiger partial charge < -0.3 is 11.6 Å². The van der Waals surface area contributed by atoms with E-state index >= 15 is 0 Å². The van der Waals surface area contributed by atoms with Gasteiger partial charge in [0.15, 0.2) is 5.17 Å². The number of rotatable bonds is 2. The predicted octanol–water partition coefficient (Wildman–Crippen LogP) is 0.565. The highest BCUT2D eigenvalue weighted by Gasteiger charge is 1.96. The zero-order valence-electron chi connectivity index (χ0n) is 5.73. The number of aromatic nitrogens is 1. The van der Waals surface area contributed by atoms with Crippen LogP contribution in [0.5, 0.6) is 0 Å². The van der Waals surface area contributed by atoms with Crippen molar-refractivity contribution < 1.29 is 0 Å². The topological polar surface area (TPSA) is 77.3 Å². The molecule has 1 aromatic rings. The van der Waals surface area contributed by atoms with E-state index in [4.69, 9.17) is 11.6 Å². The Balaban J connectivity index is 2.35. The smallest absolute Gasteiger partial charge is 0.177 e. The van der Waals surface area contributed by atoms with Gasteiger partial charge in [0.05, 0.1) is 5.51 Å². The van der Waals surface area contributed by atoms with E-state index in [0.29, 0.717) is 5.17 Å². The molecule has 4 nitrogen and oxygen atoms in total. The maximum Gasteiger partial charge on any atom is 0.177 e. The van der Waals surface area contributed by atoms with Crippen molar-refractivity contribution in [2.45, 2.75) is 5.75 Å². The first-order valence-electron chi connectivity index (χ1n) is 2.86. The highest BCUT2D eigenvalue weighted by molar-refractivity contribution is 8.13. The molecule has 11 heavy (non-hydrogen) atoms. The molecule has 0 amide bonds. The Bertz CT molecular complexity index is 231. The van der Waals surface area contributed by atoms with Gasteiger partial charge in [-0.2, -0.15) is 5.10 Å². The van der Waals surface area contributed by atoms with Crippen molar-refractivity contribution in [1.29, 1.82) is 0 Å². The van der Waals surface area contributed by atoms with E-state index in [9.17, 15) is 0 Å². The van der Waals surface area contributed by atoms with E-state index in [1.165, 1.54) is 16.6 Å². The highest BCUT2D eigenvalue weighted by Crippen LogP contribution is 2.14. The molecule has 0 spiro atoms. The van der Waals surface area contributed by atoms with Crippen LogP contribution in [0.2, 0.25) is 0 Å². The van der Waals surface area contributed by atoms with Crippen molar-refractivity contribution >= 4 is 28.3 Å². The van der Waals surface area contributed by atoms with E-state index in [-0.39, 0.29) is 0 Å². The summed E-state index contributed by atoms with van der Waals surface area (Å²) in [6.07, 6.45) is 1.81. The van der Waals surface area contributed by atoms with Crippen LogP contribution in [0.25, 0.3) is 0 Å². The van der Waals surface area contributed by atoms with Crippen LogP contribution in [0.3, 0.4) is 0 Å².